The fourth-order valence-electron chi connectivity index (χ4n) is 2.06. The molecule has 2 aromatic rings. The van der Waals surface area contributed by atoms with Crippen molar-refractivity contribution in [3.05, 3.63) is 30.5 Å². The van der Waals surface area contributed by atoms with Crippen LogP contribution in [0, 0.1) is 5.92 Å². The molecule has 96 valence electrons. The third-order valence-corrected chi connectivity index (χ3v) is 3.48. The summed E-state index contributed by atoms with van der Waals surface area (Å²) in [6, 6.07) is 7.90. The molecule has 3 nitrogen and oxygen atoms in total. The number of ketones is 1. The highest BCUT2D eigenvalue weighted by atomic mass is 16.5. The fourth-order valence-corrected chi connectivity index (χ4v) is 2.06. The summed E-state index contributed by atoms with van der Waals surface area (Å²) in [6.07, 6.45) is 2.84. The molecule has 0 saturated heterocycles. The zero-order valence-corrected chi connectivity index (χ0v) is 11.1. The molecule has 0 aliphatic carbocycles. The van der Waals surface area contributed by atoms with Crippen LogP contribution in [0.25, 0.3) is 10.9 Å². The van der Waals surface area contributed by atoms with Crippen molar-refractivity contribution in [2.24, 2.45) is 5.92 Å². The molecule has 3 heteroatoms. The van der Waals surface area contributed by atoms with Crippen LogP contribution in [0.1, 0.15) is 20.3 Å². The van der Waals surface area contributed by atoms with Crippen LogP contribution in [-0.4, -0.2) is 17.5 Å². The van der Waals surface area contributed by atoms with Gasteiger partial charge in [0.15, 0.2) is 5.78 Å². The van der Waals surface area contributed by atoms with Crippen molar-refractivity contribution >= 4 is 16.7 Å². The van der Waals surface area contributed by atoms with Gasteiger partial charge in [-0.05, 0) is 24.6 Å². The largest absolute Gasteiger partial charge is 0.496 e. The highest BCUT2D eigenvalue weighted by molar-refractivity contribution is 5.88. The van der Waals surface area contributed by atoms with Crippen LogP contribution in [0.4, 0.5) is 0 Å². The standard InChI is InChI=1S/C15H19NO2/c1-4-11(2)14(17)10-16-9-8-12-13(16)6-5-7-15(12)18-3/h5-9,11H,4,10H2,1-3H3. The van der Waals surface area contributed by atoms with Gasteiger partial charge in [-0.1, -0.05) is 19.9 Å². The topological polar surface area (TPSA) is 31.2 Å². The zero-order valence-electron chi connectivity index (χ0n) is 11.1. The Bertz CT molecular complexity index is 557. The summed E-state index contributed by atoms with van der Waals surface area (Å²) >= 11 is 0. The van der Waals surface area contributed by atoms with E-state index in [0.29, 0.717) is 6.54 Å². The first-order valence-corrected chi connectivity index (χ1v) is 6.32. The number of methoxy groups -OCH3 is 1. The van der Waals surface area contributed by atoms with Gasteiger partial charge in [-0.15, -0.1) is 0 Å². The molecule has 1 atom stereocenters. The molecule has 0 saturated carbocycles. The predicted octanol–water partition coefficient (Wildman–Crippen LogP) is 3.27. The SMILES string of the molecule is CCC(C)C(=O)Cn1ccc2c(OC)cccc21. The minimum absolute atomic E-state index is 0.119. The van der Waals surface area contributed by atoms with E-state index < -0.39 is 0 Å². The first-order chi connectivity index (χ1) is 8.67. The predicted molar refractivity (Wildman–Crippen MR) is 73.0 cm³/mol. The monoisotopic (exact) mass is 245 g/mol. The lowest BCUT2D eigenvalue weighted by Crippen LogP contribution is -2.16. The summed E-state index contributed by atoms with van der Waals surface area (Å²) in [5, 5.41) is 1.05. The molecule has 0 aliphatic heterocycles. The van der Waals surface area contributed by atoms with E-state index in [9.17, 15) is 4.79 Å². The second-order valence-corrected chi connectivity index (χ2v) is 4.61. The van der Waals surface area contributed by atoms with Crippen molar-refractivity contribution in [1.82, 2.24) is 4.57 Å². The summed E-state index contributed by atoms with van der Waals surface area (Å²) in [7, 11) is 1.66. The lowest BCUT2D eigenvalue weighted by molar-refractivity contribution is -0.122. The lowest BCUT2D eigenvalue weighted by Gasteiger charge is -2.10. The number of Topliss-reactive ketones (excluding diaryl/α,β-unsaturated/α-hetero) is 1. The van der Waals surface area contributed by atoms with Gasteiger partial charge in [0.05, 0.1) is 19.2 Å². The van der Waals surface area contributed by atoms with Gasteiger partial charge in [0.2, 0.25) is 0 Å². The number of hydrogen-bond donors (Lipinski definition) is 0. The Morgan fingerprint density at radius 3 is 2.83 bits per heavy atom. The van der Waals surface area contributed by atoms with Gasteiger partial charge < -0.3 is 9.30 Å². The van der Waals surface area contributed by atoms with Crippen LogP contribution in [0.3, 0.4) is 0 Å². The summed E-state index contributed by atoms with van der Waals surface area (Å²) in [4.78, 5) is 12.0. The van der Waals surface area contributed by atoms with Crippen molar-refractivity contribution in [1.29, 1.82) is 0 Å². The molecule has 18 heavy (non-hydrogen) atoms. The Hall–Kier alpha value is -1.77. The van der Waals surface area contributed by atoms with E-state index in [1.807, 2.05) is 48.9 Å². The second-order valence-electron chi connectivity index (χ2n) is 4.61. The van der Waals surface area contributed by atoms with Crippen molar-refractivity contribution in [3.63, 3.8) is 0 Å². The summed E-state index contributed by atoms with van der Waals surface area (Å²) in [5.41, 5.74) is 1.05. The molecule has 0 amide bonds. The number of rotatable bonds is 5. The molecular formula is C15H19NO2. The van der Waals surface area contributed by atoms with Crippen LogP contribution in [0.5, 0.6) is 5.75 Å². The summed E-state index contributed by atoms with van der Waals surface area (Å²) in [6.45, 7) is 4.46. The number of ether oxygens (including phenoxy) is 1. The molecule has 0 aliphatic rings. The van der Waals surface area contributed by atoms with Gasteiger partial charge >= 0.3 is 0 Å². The number of hydrogen-bond acceptors (Lipinski definition) is 2. The first-order valence-electron chi connectivity index (χ1n) is 6.32. The molecule has 0 bridgehead atoms. The molecule has 1 heterocycles. The van der Waals surface area contributed by atoms with Gasteiger partial charge in [0, 0.05) is 17.5 Å². The molecule has 0 spiro atoms. The molecule has 0 fully saturated rings. The Morgan fingerprint density at radius 1 is 1.39 bits per heavy atom. The molecule has 0 N–H and O–H groups in total. The van der Waals surface area contributed by atoms with Gasteiger partial charge in [-0.3, -0.25) is 4.79 Å². The van der Waals surface area contributed by atoms with E-state index in [-0.39, 0.29) is 11.7 Å². The van der Waals surface area contributed by atoms with Gasteiger partial charge in [-0.2, -0.15) is 0 Å². The number of benzene rings is 1. The smallest absolute Gasteiger partial charge is 0.155 e. The van der Waals surface area contributed by atoms with E-state index in [4.69, 9.17) is 4.74 Å². The lowest BCUT2D eigenvalue weighted by atomic mass is 10.0. The van der Waals surface area contributed by atoms with Crippen LogP contribution in [-0.2, 0) is 11.3 Å². The van der Waals surface area contributed by atoms with E-state index in [2.05, 4.69) is 0 Å². The Kier molecular flexibility index (Phi) is 3.70. The number of fused-ring (bicyclic) bond motifs is 1. The maximum absolute atomic E-state index is 12.0. The molecule has 1 aromatic heterocycles. The Morgan fingerprint density at radius 2 is 2.17 bits per heavy atom. The average molecular weight is 245 g/mol. The van der Waals surface area contributed by atoms with Crippen molar-refractivity contribution in [3.8, 4) is 5.75 Å². The quantitative estimate of drug-likeness (QED) is 0.809. The van der Waals surface area contributed by atoms with Crippen LogP contribution in [0.15, 0.2) is 30.5 Å². The van der Waals surface area contributed by atoms with Gasteiger partial charge in [0.1, 0.15) is 5.75 Å². The molecule has 1 aromatic carbocycles. The second kappa shape index (κ2) is 5.25. The normalized spacial score (nSPS) is 12.6. The number of carbonyl (C=O) groups excluding carboxylic acids is 1. The Labute approximate surface area is 107 Å². The fraction of sp³-hybridized carbons (Fsp3) is 0.400. The van der Waals surface area contributed by atoms with Gasteiger partial charge in [-0.25, -0.2) is 0 Å². The van der Waals surface area contributed by atoms with Crippen LogP contribution in [0.2, 0.25) is 0 Å². The van der Waals surface area contributed by atoms with E-state index in [0.717, 1.165) is 23.1 Å². The molecule has 2 rings (SSSR count). The highest BCUT2D eigenvalue weighted by Gasteiger charge is 2.13. The van der Waals surface area contributed by atoms with E-state index in [1.165, 1.54) is 0 Å². The minimum Gasteiger partial charge on any atom is -0.496 e. The third-order valence-electron chi connectivity index (χ3n) is 3.48. The number of carbonyl (C=O) groups is 1. The highest BCUT2D eigenvalue weighted by Crippen LogP contribution is 2.26. The van der Waals surface area contributed by atoms with Crippen molar-refractivity contribution < 1.29 is 9.53 Å². The summed E-state index contributed by atoms with van der Waals surface area (Å²) in [5.74, 6) is 1.24. The zero-order chi connectivity index (χ0) is 13.1. The first kappa shape index (κ1) is 12.7. The number of aromatic nitrogens is 1. The van der Waals surface area contributed by atoms with E-state index >= 15 is 0 Å². The van der Waals surface area contributed by atoms with Crippen LogP contribution < -0.4 is 4.74 Å². The third kappa shape index (κ3) is 2.26. The molecule has 1 unspecified atom stereocenters. The maximum atomic E-state index is 12.0. The van der Waals surface area contributed by atoms with Gasteiger partial charge in [0.25, 0.3) is 0 Å². The maximum Gasteiger partial charge on any atom is 0.155 e. The molecular weight excluding hydrogens is 226 g/mol. The van der Waals surface area contributed by atoms with Crippen LogP contribution >= 0.6 is 0 Å². The van der Waals surface area contributed by atoms with Crippen molar-refractivity contribution in [2.45, 2.75) is 26.8 Å². The van der Waals surface area contributed by atoms with E-state index in [1.54, 1.807) is 7.11 Å². The summed E-state index contributed by atoms with van der Waals surface area (Å²) < 4.78 is 7.31. The van der Waals surface area contributed by atoms with Crippen molar-refractivity contribution in [2.75, 3.05) is 7.11 Å². The number of nitrogens with zero attached hydrogens (tertiary/aromatic N) is 1. The average Bonchev–Trinajstić information content (AvgIpc) is 2.81. The molecule has 0 radical (unpaired) electrons. The minimum atomic E-state index is 0.119. The Balaban J connectivity index is 2.33.